The maximum Gasteiger partial charge on any atom is 0.263 e. The molecular weight excluding hydrogens is 204 g/mol. The fourth-order valence-electron chi connectivity index (χ4n) is 1.07. The molecule has 0 bridgehead atoms. The number of ether oxygens (including phenoxy) is 2. The van der Waals surface area contributed by atoms with Crippen LogP contribution in [0.4, 0.5) is 14.5 Å². The van der Waals surface area contributed by atoms with Crippen LogP contribution in [0, 0.1) is 0 Å². The van der Waals surface area contributed by atoms with Gasteiger partial charge < -0.3 is 15.2 Å². The Morgan fingerprint density at radius 3 is 2.60 bits per heavy atom. The number of nitrogens with two attached hydrogens (primary N) is 1. The van der Waals surface area contributed by atoms with E-state index in [2.05, 4.69) is 0 Å². The summed E-state index contributed by atoms with van der Waals surface area (Å²) >= 11 is 0. The van der Waals surface area contributed by atoms with Crippen LogP contribution in [0.3, 0.4) is 0 Å². The average molecular weight is 217 g/mol. The summed E-state index contributed by atoms with van der Waals surface area (Å²) in [7, 11) is 1.55. The zero-order valence-electron chi connectivity index (χ0n) is 8.37. The van der Waals surface area contributed by atoms with Crippen LogP contribution in [0.5, 0.6) is 5.75 Å². The van der Waals surface area contributed by atoms with E-state index in [9.17, 15) is 8.78 Å². The zero-order chi connectivity index (χ0) is 11.3. The van der Waals surface area contributed by atoms with Gasteiger partial charge in [-0.1, -0.05) is 0 Å². The summed E-state index contributed by atoms with van der Waals surface area (Å²) in [5, 5.41) is 0. The molecule has 0 aliphatic carbocycles. The normalized spacial score (nSPS) is 10.7. The molecule has 1 aromatic carbocycles. The number of halogens is 2. The first-order chi connectivity index (χ1) is 7.15. The van der Waals surface area contributed by atoms with Crippen LogP contribution < -0.4 is 10.5 Å². The standard InChI is InChI=1S/C10H13F2NO2/c1-14-4-5-15-9-3-2-7(10(11)12)6-8(9)13/h2-3,6,10H,4-5,13H2,1H3. The Balaban J connectivity index is 2.66. The Labute approximate surface area is 86.8 Å². The number of hydrogen-bond donors (Lipinski definition) is 1. The Kier molecular flexibility index (Phi) is 4.30. The van der Waals surface area contributed by atoms with Gasteiger partial charge in [0.15, 0.2) is 0 Å². The van der Waals surface area contributed by atoms with Gasteiger partial charge in [-0.3, -0.25) is 0 Å². The van der Waals surface area contributed by atoms with Crippen molar-refractivity contribution < 1.29 is 18.3 Å². The van der Waals surface area contributed by atoms with E-state index in [0.29, 0.717) is 19.0 Å². The molecule has 0 spiro atoms. The fraction of sp³-hybridized carbons (Fsp3) is 0.400. The minimum Gasteiger partial charge on any atom is -0.489 e. The van der Waals surface area contributed by atoms with Crippen LogP contribution >= 0.6 is 0 Å². The van der Waals surface area contributed by atoms with E-state index in [0.717, 1.165) is 0 Å². The third-order valence-electron chi connectivity index (χ3n) is 1.83. The molecule has 1 rings (SSSR count). The van der Waals surface area contributed by atoms with E-state index < -0.39 is 6.43 Å². The summed E-state index contributed by atoms with van der Waals surface area (Å²) < 4.78 is 34.5. The number of nitrogen functional groups attached to an aromatic ring is 1. The number of methoxy groups -OCH3 is 1. The molecule has 0 unspecified atom stereocenters. The Morgan fingerprint density at radius 1 is 1.33 bits per heavy atom. The lowest BCUT2D eigenvalue weighted by Gasteiger charge is -2.09. The van der Waals surface area contributed by atoms with Gasteiger partial charge in [0, 0.05) is 12.7 Å². The SMILES string of the molecule is COCCOc1ccc(C(F)F)cc1N. The van der Waals surface area contributed by atoms with Gasteiger partial charge in [-0.15, -0.1) is 0 Å². The van der Waals surface area contributed by atoms with Gasteiger partial charge in [0.25, 0.3) is 6.43 Å². The fourth-order valence-corrected chi connectivity index (χ4v) is 1.07. The predicted molar refractivity (Wildman–Crippen MR) is 53.2 cm³/mol. The molecule has 0 fully saturated rings. The molecule has 84 valence electrons. The van der Waals surface area contributed by atoms with Gasteiger partial charge in [-0.25, -0.2) is 8.78 Å². The minimum atomic E-state index is -2.51. The summed E-state index contributed by atoms with van der Waals surface area (Å²) in [6.45, 7) is 0.769. The van der Waals surface area contributed by atoms with Gasteiger partial charge in [-0.05, 0) is 18.2 Å². The molecule has 0 amide bonds. The van der Waals surface area contributed by atoms with Crippen LogP contribution in [0.2, 0.25) is 0 Å². The van der Waals surface area contributed by atoms with E-state index in [-0.39, 0.29) is 11.3 Å². The number of alkyl halides is 2. The van der Waals surface area contributed by atoms with E-state index in [1.807, 2.05) is 0 Å². The molecule has 0 atom stereocenters. The Hall–Kier alpha value is -1.36. The lowest BCUT2D eigenvalue weighted by Crippen LogP contribution is -2.06. The smallest absolute Gasteiger partial charge is 0.263 e. The van der Waals surface area contributed by atoms with Crippen molar-refractivity contribution >= 4 is 5.69 Å². The van der Waals surface area contributed by atoms with Crippen molar-refractivity contribution in [1.29, 1.82) is 0 Å². The summed E-state index contributed by atoms with van der Waals surface area (Å²) in [5.74, 6) is 0.399. The molecule has 1 aromatic rings. The highest BCUT2D eigenvalue weighted by molar-refractivity contribution is 5.54. The summed E-state index contributed by atoms with van der Waals surface area (Å²) in [6, 6.07) is 3.95. The van der Waals surface area contributed by atoms with Crippen LogP contribution in [-0.4, -0.2) is 20.3 Å². The van der Waals surface area contributed by atoms with Crippen molar-refractivity contribution in [1.82, 2.24) is 0 Å². The molecular formula is C10H13F2NO2. The molecule has 2 N–H and O–H groups in total. The minimum absolute atomic E-state index is 0.105. The Morgan fingerprint density at radius 2 is 2.07 bits per heavy atom. The largest absolute Gasteiger partial charge is 0.489 e. The molecule has 3 nitrogen and oxygen atoms in total. The lowest BCUT2D eigenvalue weighted by atomic mass is 10.2. The average Bonchev–Trinajstić information content (AvgIpc) is 2.20. The van der Waals surface area contributed by atoms with Crippen molar-refractivity contribution in [3.8, 4) is 5.75 Å². The van der Waals surface area contributed by atoms with Crippen molar-refractivity contribution in [2.75, 3.05) is 26.1 Å². The van der Waals surface area contributed by atoms with Crippen molar-refractivity contribution in [3.63, 3.8) is 0 Å². The first kappa shape index (κ1) is 11.7. The van der Waals surface area contributed by atoms with E-state index in [1.165, 1.54) is 18.2 Å². The van der Waals surface area contributed by atoms with Gasteiger partial charge in [0.2, 0.25) is 0 Å². The topological polar surface area (TPSA) is 44.5 Å². The third-order valence-corrected chi connectivity index (χ3v) is 1.83. The molecule has 0 saturated heterocycles. The molecule has 15 heavy (non-hydrogen) atoms. The maximum absolute atomic E-state index is 12.3. The van der Waals surface area contributed by atoms with E-state index in [4.69, 9.17) is 15.2 Å². The highest BCUT2D eigenvalue weighted by atomic mass is 19.3. The van der Waals surface area contributed by atoms with Crippen LogP contribution in [0.25, 0.3) is 0 Å². The number of benzene rings is 1. The van der Waals surface area contributed by atoms with E-state index in [1.54, 1.807) is 7.11 Å². The quantitative estimate of drug-likeness (QED) is 0.607. The van der Waals surface area contributed by atoms with Crippen molar-refractivity contribution in [3.05, 3.63) is 23.8 Å². The summed E-state index contributed by atoms with van der Waals surface area (Å²) in [6.07, 6.45) is -2.51. The monoisotopic (exact) mass is 217 g/mol. The first-order valence-corrected chi connectivity index (χ1v) is 4.44. The summed E-state index contributed by atoms with van der Waals surface area (Å²) in [5.41, 5.74) is 5.65. The van der Waals surface area contributed by atoms with Crippen LogP contribution in [0.1, 0.15) is 12.0 Å². The number of hydrogen-bond acceptors (Lipinski definition) is 3. The lowest BCUT2D eigenvalue weighted by molar-refractivity contribution is 0.145. The second kappa shape index (κ2) is 5.50. The molecule has 0 radical (unpaired) electrons. The molecule has 0 aromatic heterocycles. The molecule has 0 saturated carbocycles. The van der Waals surface area contributed by atoms with Gasteiger partial charge >= 0.3 is 0 Å². The third kappa shape index (κ3) is 3.36. The van der Waals surface area contributed by atoms with Gasteiger partial charge in [-0.2, -0.15) is 0 Å². The van der Waals surface area contributed by atoms with Crippen LogP contribution in [0.15, 0.2) is 18.2 Å². The zero-order valence-corrected chi connectivity index (χ0v) is 8.37. The highest BCUT2D eigenvalue weighted by Crippen LogP contribution is 2.27. The van der Waals surface area contributed by atoms with Gasteiger partial charge in [0.1, 0.15) is 12.4 Å². The highest BCUT2D eigenvalue weighted by Gasteiger charge is 2.09. The van der Waals surface area contributed by atoms with Gasteiger partial charge in [0.05, 0.1) is 12.3 Å². The summed E-state index contributed by atoms with van der Waals surface area (Å²) in [4.78, 5) is 0. The van der Waals surface area contributed by atoms with Crippen molar-refractivity contribution in [2.24, 2.45) is 0 Å². The molecule has 0 heterocycles. The van der Waals surface area contributed by atoms with Crippen LogP contribution in [-0.2, 0) is 4.74 Å². The predicted octanol–water partition coefficient (Wildman–Crippen LogP) is 2.23. The first-order valence-electron chi connectivity index (χ1n) is 4.44. The molecule has 0 aliphatic rings. The number of anilines is 1. The molecule has 0 aliphatic heterocycles. The number of rotatable bonds is 5. The van der Waals surface area contributed by atoms with E-state index >= 15 is 0 Å². The van der Waals surface area contributed by atoms with Crippen molar-refractivity contribution in [2.45, 2.75) is 6.43 Å². The maximum atomic E-state index is 12.3. The second-order valence-corrected chi connectivity index (χ2v) is 2.94. The molecule has 5 heteroatoms. The Bertz CT molecular complexity index is 318. The second-order valence-electron chi connectivity index (χ2n) is 2.94.